The molecule has 3 nitrogen and oxygen atoms in total. The first kappa shape index (κ1) is 13.7. The van der Waals surface area contributed by atoms with Gasteiger partial charge in [-0.1, -0.05) is 13.0 Å². The first-order valence-corrected chi connectivity index (χ1v) is 8.32. The maximum Gasteiger partial charge on any atom is 0.142 e. The van der Waals surface area contributed by atoms with Crippen molar-refractivity contribution in [1.29, 1.82) is 0 Å². The summed E-state index contributed by atoms with van der Waals surface area (Å²) in [6, 6.07) is 6.03. The van der Waals surface area contributed by atoms with Gasteiger partial charge in [0.05, 0.1) is 11.4 Å². The average molecular weight is 287 g/mol. The normalized spacial score (nSPS) is 17.9. The van der Waals surface area contributed by atoms with Gasteiger partial charge in [0.1, 0.15) is 5.01 Å². The summed E-state index contributed by atoms with van der Waals surface area (Å²) in [5.74, 6) is 0.582. The number of nitrogens with zero attached hydrogens (tertiary/aromatic N) is 2. The maximum absolute atomic E-state index is 4.90. The molecule has 0 aliphatic heterocycles. The third-order valence-corrected chi connectivity index (χ3v) is 4.93. The molecule has 2 heterocycles. The minimum absolute atomic E-state index is 0.582. The predicted molar refractivity (Wildman–Crippen MR) is 84.2 cm³/mol. The van der Waals surface area contributed by atoms with Crippen LogP contribution in [0.1, 0.15) is 42.7 Å². The fourth-order valence-electron chi connectivity index (χ4n) is 2.76. The van der Waals surface area contributed by atoms with Crippen LogP contribution in [0.25, 0.3) is 10.7 Å². The van der Waals surface area contributed by atoms with E-state index in [1.807, 2.05) is 29.7 Å². The van der Waals surface area contributed by atoms with E-state index in [4.69, 9.17) is 4.98 Å². The van der Waals surface area contributed by atoms with Crippen molar-refractivity contribution in [3.8, 4) is 10.7 Å². The summed E-state index contributed by atoms with van der Waals surface area (Å²) in [7, 11) is 0. The van der Waals surface area contributed by atoms with Gasteiger partial charge in [0, 0.05) is 23.5 Å². The van der Waals surface area contributed by atoms with Crippen LogP contribution in [0.15, 0.2) is 24.4 Å². The Labute approximate surface area is 124 Å². The zero-order chi connectivity index (χ0) is 13.8. The molecule has 0 spiro atoms. The molecule has 0 bridgehead atoms. The summed E-state index contributed by atoms with van der Waals surface area (Å²) < 4.78 is 0. The van der Waals surface area contributed by atoms with Crippen LogP contribution in [-0.4, -0.2) is 23.1 Å². The third-order valence-electron chi connectivity index (χ3n) is 3.77. The van der Waals surface area contributed by atoms with E-state index in [2.05, 4.69) is 23.3 Å². The number of hydrogen-bond donors (Lipinski definition) is 1. The summed E-state index contributed by atoms with van der Waals surface area (Å²) in [4.78, 5) is 10.8. The summed E-state index contributed by atoms with van der Waals surface area (Å²) in [6.07, 6.45) is 6.76. The summed E-state index contributed by atoms with van der Waals surface area (Å²) in [5.41, 5.74) is 2.33. The Hall–Kier alpha value is -1.26. The summed E-state index contributed by atoms with van der Waals surface area (Å²) in [6.45, 7) is 4.37. The molecule has 2 aromatic rings. The number of thiazole rings is 1. The number of aryl methyl sites for hydroxylation is 1. The average Bonchev–Trinajstić information content (AvgIpc) is 2.93. The Morgan fingerprint density at radius 1 is 1.40 bits per heavy atom. The molecule has 1 aliphatic carbocycles. The van der Waals surface area contributed by atoms with Crippen LogP contribution >= 0.6 is 11.3 Å². The van der Waals surface area contributed by atoms with Crippen LogP contribution in [0.4, 0.5) is 0 Å². The number of aromatic nitrogens is 2. The molecule has 4 heteroatoms. The Morgan fingerprint density at radius 2 is 2.35 bits per heavy atom. The van der Waals surface area contributed by atoms with Gasteiger partial charge < -0.3 is 5.32 Å². The molecule has 0 amide bonds. The van der Waals surface area contributed by atoms with Gasteiger partial charge in [-0.05, 0) is 44.4 Å². The Kier molecular flexibility index (Phi) is 4.43. The third kappa shape index (κ3) is 2.91. The highest BCUT2D eigenvalue weighted by Crippen LogP contribution is 2.37. The van der Waals surface area contributed by atoms with Gasteiger partial charge in [-0.3, -0.25) is 4.98 Å². The van der Waals surface area contributed by atoms with Gasteiger partial charge >= 0.3 is 0 Å². The maximum atomic E-state index is 4.90. The first-order chi connectivity index (χ1) is 9.88. The number of hydrogen-bond acceptors (Lipinski definition) is 4. The number of nitrogens with one attached hydrogen (secondary N) is 1. The largest absolute Gasteiger partial charge is 0.316 e. The lowest BCUT2D eigenvalue weighted by Crippen LogP contribution is -2.24. The lowest BCUT2D eigenvalue weighted by molar-refractivity contribution is 0.502. The van der Waals surface area contributed by atoms with Crippen LogP contribution in [0, 0.1) is 0 Å². The van der Waals surface area contributed by atoms with Crippen LogP contribution in [0.5, 0.6) is 0 Å². The minimum Gasteiger partial charge on any atom is -0.316 e. The topological polar surface area (TPSA) is 37.8 Å². The Bertz CT molecular complexity index is 550. The Morgan fingerprint density at radius 3 is 3.15 bits per heavy atom. The molecular weight excluding hydrogens is 266 g/mol. The van der Waals surface area contributed by atoms with E-state index in [9.17, 15) is 0 Å². The molecule has 0 aromatic carbocycles. The number of rotatable bonds is 5. The molecule has 106 valence electrons. The smallest absolute Gasteiger partial charge is 0.142 e. The van der Waals surface area contributed by atoms with Gasteiger partial charge in [-0.15, -0.1) is 11.3 Å². The fourth-order valence-corrected chi connectivity index (χ4v) is 3.92. The van der Waals surface area contributed by atoms with Crippen molar-refractivity contribution in [2.75, 3.05) is 13.1 Å². The lowest BCUT2D eigenvalue weighted by atomic mass is 9.91. The SMILES string of the molecule is CCCNCC1CCCc2sc(-c3ccccn3)nc21. The zero-order valence-corrected chi connectivity index (χ0v) is 12.7. The van der Waals surface area contributed by atoms with E-state index in [1.165, 1.54) is 36.3 Å². The molecule has 0 radical (unpaired) electrons. The quantitative estimate of drug-likeness (QED) is 0.853. The molecule has 0 fully saturated rings. The van der Waals surface area contributed by atoms with Crippen molar-refractivity contribution in [3.63, 3.8) is 0 Å². The second-order valence-electron chi connectivity index (χ2n) is 5.34. The second kappa shape index (κ2) is 6.46. The van der Waals surface area contributed by atoms with Gasteiger partial charge in [-0.25, -0.2) is 4.98 Å². The van der Waals surface area contributed by atoms with Crippen LogP contribution in [-0.2, 0) is 6.42 Å². The van der Waals surface area contributed by atoms with E-state index in [1.54, 1.807) is 0 Å². The molecule has 1 unspecified atom stereocenters. The lowest BCUT2D eigenvalue weighted by Gasteiger charge is -2.21. The molecule has 3 rings (SSSR count). The molecule has 20 heavy (non-hydrogen) atoms. The van der Waals surface area contributed by atoms with Crippen molar-refractivity contribution in [3.05, 3.63) is 35.0 Å². The van der Waals surface area contributed by atoms with Crippen LogP contribution < -0.4 is 5.32 Å². The van der Waals surface area contributed by atoms with E-state index in [-0.39, 0.29) is 0 Å². The summed E-state index contributed by atoms with van der Waals surface area (Å²) in [5, 5.41) is 4.63. The summed E-state index contributed by atoms with van der Waals surface area (Å²) >= 11 is 1.83. The van der Waals surface area contributed by atoms with Crippen LogP contribution in [0.3, 0.4) is 0 Å². The van der Waals surface area contributed by atoms with E-state index in [0.717, 1.165) is 23.8 Å². The molecule has 0 saturated carbocycles. The van der Waals surface area contributed by atoms with Crippen molar-refractivity contribution >= 4 is 11.3 Å². The Balaban J connectivity index is 1.81. The molecule has 1 aliphatic rings. The van der Waals surface area contributed by atoms with E-state index >= 15 is 0 Å². The van der Waals surface area contributed by atoms with Crippen molar-refractivity contribution in [2.24, 2.45) is 0 Å². The fraction of sp³-hybridized carbons (Fsp3) is 0.500. The van der Waals surface area contributed by atoms with Crippen LogP contribution in [0.2, 0.25) is 0 Å². The first-order valence-electron chi connectivity index (χ1n) is 7.50. The highest BCUT2D eigenvalue weighted by atomic mass is 32.1. The predicted octanol–water partition coefficient (Wildman–Crippen LogP) is 3.62. The molecule has 2 aromatic heterocycles. The van der Waals surface area contributed by atoms with Crippen molar-refractivity contribution in [2.45, 2.75) is 38.5 Å². The van der Waals surface area contributed by atoms with E-state index < -0.39 is 0 Å². The standard InChI is InChI=1S/C16H21N3S/c1-2-9-17-11-12-6-5-8-14-15(12)19-16(20-14)13-7-3-4-10-18-13/h3-4,7,10,12,17H,2,5-6,8-9,11H2,1H3. The molecule has 1 N–H and O–H groups in total. The highest BCUT2D eigenvalue weighted by Gasteiger charge is 2.24. The van der Waals surface area contributed by atoms with Crippen molar-refractivity contribution in [1.82, 2.24) is 15.3 Å². The number of fused-ring (bicyclic) bond motifs is 1. The van der Waals surface area contributed by atoms with Gasteiger partial charge in [0.2, 0.25) is 0 Å². The number of pyridine rings is 1. The minimum atomic E-state index is 0.582. The molecule has 0 saturated heterocycles. The highest BCUT2D eigenvalue weighted by molar-refractivity contribution is 7.15. The van der Waals surface area contributed by atoms with Crippen molar-refractivity contribution < 1.29 is 0 Å². The van der Waals surface area contributed by atoms with E-state index in [0.29, 0.717) is 5.92 Å². The van der Waals surface area contributed by atoms with Gasteiger partial charge in [0.25, 0.3) is 0 Å². The van der Waals surface area contributed by atoms with Gasteiger partial charge in [-0.2, -0.15) is 0 Å². The monoisotopic (exact) mass is 287 g/mol. The van der Waals surface area contributed by atoms with Gasteiger partial charge in [0.15, 0.2) is 0 Å². The molecule has 1 atom stereocenters. The zero-order valence-electron chi connectivity index (χ0n) is 11.9. The second-order valence-corrected chi connectivity index (χ2v) is 6.42. The molecular formula is C16H21N3S.